The van der Waals surface area contributed by atoms with E-state index in [9.17, 15) is 5.11 Å². The minimum Gasteiger partial charge on any atom is -0.491 e. The third kappa shape index (κ3) is 4.83. The van der Waals surface area contributed by atoms with Crippen LogP contribution in [-0.4, -0.2) is 35.8 Å². The van der Waals surface area contributed by atoms with Crippen LogP contribution in [0.1, 0.15) is 16.7 Å². The normalized spacial score (nSPS) is 14.6. The second kappa shape index (κ2) is 8.91. The van der Waals surface area contributed by atoms with Crippen LogP contribution >= 0.6 is 0 Å². The molecule has 29 heavy (non-hydrogen) atoms. The zero-order valence-corrected chi connectivity index (χ0v) is 16.3. The fraction of sp³-hybridized carbons (Fsp3) is 0.240. The van der Waals surface area contributed by atoms with Gasteiger partial charge in [-0.25, -0.2) is 0 Å². The summed E-state index contributed by atoms with van der Waals surface area (Å²) in [6, 6.07) is 25.9. The van der Waals surface area contributed by atoms with Crippen LogP contribution in [0.4, 0.5) is 0 Å². The maximum Gasteiger partial charge on any atom is 0.120 e. The van der Waals surface area contributed by atoms with E-state index in [0.29, 0.717) is 12.1 Å². The van der Waals surface area contributed by atoms with Crippen LogP contribution in [-0.2, 0) is 13.0 Å². The number of nitriles is 1. The lowest BCUT2D eigenvalue weighted by Crippen LogP contribution is -2.38. The Bertz CT molecular complexity index is 1010. The number of hydrogen-bond donors (Lipinski definition) is 1. The molecule has 1 unspecified atom stereocenters. The SMILES string of the molecule is N#Cc1ccc(-c2cccc(OCC(O)CN3CCc4ccccc4C3)c2)cc1. The van der Waals surface area contributed by atoms with Gasteiger partial charge in [0.2, 0.25) is 0 Å². The topological polar surface area (TPSA) is 56.5 Å². The number of rotatable bonds is 6. The molecule has 0 saturated heterocycles. The molecule has 1 aliphatic rings. The van der Waals surface area contributed by atoms with E-state index in [4.69, 9.17) is 10.00 Å². The van der Waals surface area contributed by atoms with Gasteiger partial charge in [-0.15, -0.1) is 0 Å². The molecule has 0 aliphatic carbocycles. The van der Waals surface area contributed by atoms with Crippen molar-refractivity contribution in [3.05, 3.63) is 89.5 Å². The standard InChI is InChI=1S/C25H24N2O2/c26-15-19-8-10-21(11-9-19)22-6-3-7-25(14-22)29-18-24(28)17-27-13-12-20-4-1-2-5-23(20)16-27/h1-11,14,24,28H,12-13,16-18H2. The highest BCUT2D eigenvalue weighted by Crippen LogP contribution is 2.24. The van der Waals surface area contributed by atoms with Gasteiger partial charge in [0.05, 0.1) is 11.6 Å². The molecule has 0 radical (unpaired) electrons. The van der Waals surface area contributed by atoms with Gasteiger partial charge in [0.1, 0.15) is 18.5 Å². The van der Waals surface area contributed by atoms with Gasteiger partial charge in [0.25, 0.3) is 0 Å². The Morgan fingerprint density at radius 3 is 2.55 bits per heavy atom. The van der Waals surface area contributed by atoms with Gasteiger partial charge in [-0.3, -0.25) is 4.90 Å². The molecule has 0 aromatic heterocycles. The van der Waals surface area contributed by atoms with Crippen molar-refractivity contribution < 1.29 is 9.84 Å². The van der Waals surface area contributed by atoms with Crippen LogP contribution in [0.5, 0.6) is 5.75 Å². The first-order valence-corrected chi connectivity index (χ1v) is 9.92. The monoisotopic (exact) mass is 384 g/mol. The van der Waals surface area contributed by atoms with Crippen molar-refractivity contribution in [1.82, 2.24) is 4.90 Å². The van der Waals surface area contributed by atoms with Gasteiger partial charge in [-0.05, 0) is 52.9 Å². The Balaban J connectivity index is 1.32. The maximum atomic E-state index is 10.5. The second-order valence-electron chi connectivity index (χ2n) is 7.44. The van der Waals surface area contributed by atoms with Crippen LogP contribution in [0.15, 0.2) is 72.8 Å². The van der Waals surface area contributed by atoms with Crippen LogP contribution < -0.4 is 4.74 Å². The Hall–Kier alpha value is -3.13. The number of ether oxygens (including phenoxy) is 1. The zero-order chi connectivity index (χ0) is 20.1. The molecule has 1 heterocycles. The molecule has 146 valence electrons. The Labute approximate surface area is 171 Å². The lowest BCUT2D eigenvalue weighted by Gasteiger charge is -2.30. The largest absolute Gasteiger partial charge is 0.491 e. The minimum atomic E-state index is -0.543. The summed E-state index contributed by atoms with van der Waals surface area (Å²) in [5, 5.41) is 19.4. The lowest BCUT2D eigenvalue weighted by atomic mass is 10.00. The molecule has 4 nitrogen and oxygen atoms in total. The Kier molecular flexibility index (Phi) is 5.90. The average molecular weight is 384 g/mol. The van der Waals surface area contributed by atoms with Gasteiger partial charge in [-0.1, -0.05) is 48.5 Å². The first-order valence-electron chi connectivity index (χ1n) is 9.92. The van der Waals surface area contributed by atoms with E-state index in [1.807, 2.05) is 48.5 Å². The molecule has 0 amide bonds. The molecule has 1 atom stereocenters. The number of β-amino-alcohol motifs (C(OH)–C–C–N with tert-alkyl or cyclic N) is 1. The van der Waals surface area contributed by atoms with Gasteiger partial charge in [-0.2, -0.15) is 5.26 Å². The quantitative estimate of drug-likeness (QED) is 0.697. The highest BCUT2D eigenvalue weighted by molar-refractivity contribution is 5.65. The number of benzene rings is 3. The predicted molar refractivity (Wildman–Crippen MR) is 114 cm³/mol. The van der Waals surface area contributed by atoms with Crippen molar-refractivity contribution in [1.29, 1.82) is 5.26 Å². The molecule has 0 saturated carbocycles. The Morgan fingerprint density at radius 1 is 0.966 bits per heavy atom. The second-order valence-corrected chi connectivity index (χ2v) is 7.44. The summed E-state index contributed by atoms with van der Waals surface area (Å²) in [6.45, 7) is 2.70. The number of fused-ring (bicyclic) bond motifs is 1. The summed E-state index contributed by atoms with van der Waals surface area (Å²) in [5.41, 5.74) is 5.46. The number of nitrogens with zero attached hydrogens (tertiary/aromatic N) is 2. The first kappa shape index (κ1) is 19.2. The van der Waals surface area contributed by atoms with E-state index < -0.39 is 6.10 Å². The zero-order valence-electron chi connectivity index (χ0n) is 16.3. The molecule has 0 fully saturated rings. The third-order valence-corrected chi connectivity index (χ3v) is 5.30. The summed E-state index contributed by atoms with van der Waals surface area (Å²) in [7, 11) is 0. The van der Waals surface area contributed by atoms with E-state index >= 15 is 0 Å². The summed E-state index contributed by atoms with van der Waals surface area (Å²) >= 11 is 0. The smallest absolute Gasteiger partial charge is 0.120 e. The summed E-state index contributed by atoms with van der Waals surface area (Å²) in [6.07, 6.45) is 0.481. The molecule has 1 N–H and O–H groups in total. The predicted octanol–water partition coefficient (Wildman–Crippen LogP) is 4.02. The highest BCUT2D eigenvalue weighted by atomic mass is 16.5. The van der Waals surface area contributed by atoms with Gasteiger partial charge in [0, 0.05) is 19.6 Å². The molecule has 0 spiro atoms. The van der Waals surface area contributed by atoms with Gasteiger partial charge < -0.3 is 9.84 Å². The van der Waals surface area contributed by atoms with E-state index in [-0.39, 0.29) is 6.61 Å². The Morgan fingerprint density at radius 2 is 1.76 bits per heavy atom. The average Bonchev–Trinajstić information content (AvgIpc) is 2.78. The number of hydrogen-bond acceptors (Lipinski definition) is 4. The van der Waals surface area contributed by atoms with Crippen LogP contribution in [0.2, 0.25) is 0 Å². The molecule has 4 rings (SSSR count). The molecular formula is C25H24N2O2. The first-order chi connectivity index (χ1) is 14.2. The number of aliphatic hydroxyl groups is 1. The van der Waals surface area contributed by atoms with Crippen molar-refractivity contribution in [2.45, 2.75) is 19.1 Å². The van der Waals surface area contributed by atoms with Gasteiger partial charge >= 0.3 is 0 Å². The van der Waals surface area contributed by atoms with Crippen LogP contribution in [0.3, 0.4) is 0 Å². The molecule has 4 heteroatoms. The fourth-order valence-electron chi connectivity index (χ4n) is 3.76. The minimum absolute atomic E-state index is 0.259. The van der Waals surface area contributed by atoms with E-state index in [0.717, 1.165) is 36.4 Å². The van der Waals surface area contributed by atoms with E-state index in [1.54, 1.807) is 0 Å². The maximum absolute atomic E-state index is 10.5. The lowest BCUT2D eigenvalue weighted by molar-refractivity contribution is 0.0638. The van der Waals surface area contributed by atoms with Crippen molar-refractivity contribution in [2.24, 2.45) is 0 Å². The van der Waals surface area contributed by atoms with Gasteiger partial charge in [0.15, 0.2) is 0 Å². The number of aliphatic hydroxyl groups excluding tert-OH is 1. The molecular weight excluding hydrogens is 360 g/mol. The molecule has 0 bridgehead atoms. The summed E-state index contributed by atoms with van der Waals surface area (Å²) in [4.78, 5) is 2.28. The van der Waals surface area contributed by atoms with E-state index in [1.165, 1.54) is 11.1 Å². The molecule has 3 aromatic carbocycles. The van der Waals surface area contributed by atoms with E-state index in [2.05, 4.69) is 35.2 Å². The van der Waals surface area contributed by atoms with Crippen molar-refractivity contribution >= 4 is 0 Å². The molecule has 3 aromatic rings. The summed E-state index contributed by atoms with van der Waals surface area (Å²) in [5.74, 6) is 0.731. The third-order valence-electron chi connectivity index (χ3n) is 5.30. The van der Waals surface area contributed by atoms with Crippen LogP contribution in [0, 0.1) is 11.3 Å². The fourth-order valence-corrected chi connectivity index (χ4v) is 3.76. The molecule has 1 aliphatic heterocycles. The van der Waals surface area contributed by atoms with Crippen LogP contribution in [0.25, 0.3) is 11.1 Å². The van der Waals surface area contributed by atoms with Crippen molar-refractivity contribution in [3.63, 3.8) is 0 Å². The van der Waals surface area contributed by atoms with Crippen molar-refractivity contribution in [2.75, 3.05) is 19.7 Å². The summed E-state index contributed by atoms with van der Waals surface area (Å²) < 4.78 is 5.86. The highest BCUT2D eigenvalue weighted by Gasteiger charge is 2.18. The van der Waals surface area contributed by atoms with Crippen molar-refractivity contribution in [3.8, 4) is 22.9 Å².